The molecule has 1 rings (SSSR count). The van der Waals surface area contributed by atoms with Crippen molar-refractivity contribution >= 4 is 0 Å². The van der Waals surface area contributed by atoms with Gasteiger partial charge in [-0.1, -0.05) is 20.3 Å². The topological polar surface area (TPSA) is 38.5 Å². The van der Waals surface area contributed by atoms with E-state index in [1.807, 2.05) is 0 Å². The first-order chi connectivity index (χ1) is 7.58. The zero-order valence-corrected chi connectivity index (χ0v) is 11.3. The molecule has 96 valence electrons. The van der Waals surface area contributed by atoms with Crippen molar-refractivity contribution in [2.45, 2.75) is 71.2 Å². The van der Waals surface area contributed by atoms with Crippen molar-refractivity contribution in [1.82, 2.24) is 4.90 Å². The van der Waals surface area contributed by atoms with E-state index >= 15 is 0 Å². The summed E-state index contributed by atoms with van der Waals surface area (Å²) in [5.41, 5.74) is 6.28. The van der Waals surface area contributed by atoms with Crippen LogP contribution in [0.3, 0.4) is 0 Å². The van der Waals surface area contributed by atoms with Gasteiger partial charge in [0.05, 0.1) is 12.2 Å². The lowest BCUT2D eigenvalue weighted by Crippen LogP contribution is -2.55. The van der Waals surface area contributed by atoms with Crippen LogP contribution in [-0.2, 0) is 4.74 Å². The van der Waals surface area contributed by atoms with Crippen LogP contribution in [0.25, 0.3) is 0 Å². The maximum absolute atomic E-state index is 6.28. The first-order valence-corrected chi connectivity index (χ1v) is 6.73. The van der Waals surface area contributed by atoms with Gasteiger partial charge < -0.3 is 10.5 Å². The van der Waals surface area contributed by atoms with Gasteiger partial charge in [0, 0.05) is 25.2 Å². The summed E-state index contributed by atoms with van der Waals surface area (Å²) < 4.78 is 5.77. The summed E-state index contributed by atoms with van der Waals surface area (Å²) in [6, 6.07) is 0.834. The first-order valence-electron chi connectivity index (χ1n) is 6.73. The van der Waals surface area contributed by atoms with Crippen LogP contribution in [0.4, 0.5) is 0 Å². The maximum Gasteiger partial charge on any atom is 0.0678 e. The van der Waals surface area contributed by atoms with Crippen LogP contribution in [-0.4, -0.2) is 42.3 Å². The second kappa shape index (κ2) is 6.58. The van der Waals surface area contributed by atoms with E-state index in [1.54, 1.807) is 0 Å². The second-order valence-corrected chi connectivity index (χ2v) is 5.14. The van der Waals surface area contributed by atoms with Gasteiger partial charge in [-0.3, -0.25) is 4.90 Å². The highest BCUT2D eigenvalue weighted by molar-refractivity contribution is 4.85. The Hall–Kier alpha value is -0.120. The van der Waals surface area contributed by atoms with Crippen LogP contribution in [0.5, 0.6) is 0 Å². The van der Waals surface area contributed by atoms with Gasteiger partial charge in [-0.2, -0.15) is 0 Å². The van der Waals surface area contributed by atoms with E-state index in [9.17, 15) is 0 Å². The zero-order valence-electron chi connectivity index (χ0n) is 11.3. The molecule has 0 radical (unpaired) electrons. The van der Waals surface area contributed by atoms with Crippen LogP contribution in [0, 0.1) is 0 Å². The molecule has 0 saturated carbocycles. The molecule has 1 aliphatic rings. The number of hydrogen-bond acceptors (Lipinski definition) is 3. The highest BCUT2D eigenvalue weighted by atomic mass is 16.5. The summed E-state index contributed by atoms with van der Waals surface area (Å²) in [4.78, 5) is 2.53. The minimum Gasteiger partial charge on any atom is -0.373 e. The molecule has 0 aromatic rings. The van der Waals surface area contributed by atoms with Crippen molar-refractivity contribution in [3.63, 3.8) is 0 Å². The maximum atomic E-state index is 6.28. The monoisotopic (exact) mass is 228 g/mol. The molecule has 1 heterocycles. The Morgan fingerprint density at radius 1 is 1.25 bits per heavy atom. The molecular weight excluding hydrogens is 200 g/mol. The van der Waals surface area contributed by atoms with E-state index in [4.69, 9.17) is 10.5 Å². The van der Waals surface area contributed by atoms with Crippen LogP contribution in [0.1, 0.15) is 47.0 Å². The van der Waals surface area contributed by atoms with Crippen molar-refractivity contribution in [2.24, 2.45) is 5.73 Å². The minimum atomic E-state index is 0.312. The summed E-state index contributed by atoms with van der Waals surface area (Å²) in [7, 11) is 0. The average molecular weight is 228 g/mol. The summed E-state index contributed by atoms with van der Waals surface area (Å²) >= 11 is 0. The summed E-state index contributed by atoms with van der Waals surface area (Å²) in [6.45, 7) is 10.8. The number of hydrogen-bond donors (Lipinski definition) is 1. The molecule has 16 heavy (non-hydrogen) atoms. The molecule has 1 aliphatic heterocycles. The third-order valence-corrected chi connectivity index (χ3v) is 3.45. The van der Waals surface area contributed by atoms with Gasteiger partial charge in [0.15, 0.2) is 0 Å². The normalized spacial score (nSPS) is 31.3. The Bertz CT molecular complexity index is 188. The van der Waals surface area contributed by atoms with Crippen molar-refractivity contribution in [2.75, 3.05) is 13.1 Å². The third-order valence-electron chi connectivity index (χ3n) is 3.45. The van der Waals surface area contributed by atoms with Crippen molar-refractivity contribution < 1.29 is 4.74 Å². The van der Waals surface area contributed by atoms with E-state index in [-0.39, 0.29) is 0 Å². The third kappa shape index (κ3) is 3.72. The smallest absolute Gasteiger partial charge is 0.0678 e. The summed E-state index contributed by atoms with van der Waals surface area (Å²) in [5, 5.41) is 0. The molecular formula is C13H28N2O. The Kier molecular flexibility index (Phi) is 5.73. The summed E-state index contributed by atoms with van der Waals surface area (Å²) in [6.07, 6.45) is 4.12. The predicted molar refractivity (Wildman–Crippen MR) is 68.5 cm³/mol. The molecule has 0 bridgehead atoms. The fourth-order valence-corrected chi connectivity index (χ4v) is 2.85. The Labute approximate surface area is 100 Å². The average Bonchev–Trinajstić information content (AvgIpc) is 2.17. The van der Waals surface area contributed by atoms with E-state index in [2.05, 4.69) is 32.6 Å². The van der Waals surface area contributed by atoms with E-state index in [1.165, 1.54) is 6.42 Å². The summed E-state index contributed by atoms with van der Waals surface area (Å²) in [5.74, 6) is 0. The second-order valence-electron chi connectivity index (χ2n) is 5.14. The molecule has 0 aromatic heterocycles. The Morgan fingerprint density at radius 3 is 2.25 bits per heavy atom. The van der Waals surface area contributed by atoms with Gasteiger partial charge in [-0.25, -0.2) is 0 Å². The van der Waals surface area contributed by atoms with Crippen LogP contribution in [0.15, 0.2) is 0 Å². The SMILES string of the molecule is CCCC(N)C(CC)N1C[C@@H](C)O[C@@H](C)C1. The molecule has 0 aromatic carbocycles. The van der Waals surface area contributed by atoms with Gasteiger partial charge in [0.2, 0.25) is 0 Å². The molecule has 4 atom stereocenters. The fourth-order valence-electron chi connectivity index (χ4n) is 2.85. The van der Waals surface area contributed by atoms with Crippen LogP contribution >= 0.6 is 0 Å². The van der Waals surface area contributed by atoms with Crippen LogP contribution in [0.2, 0.25) is 0 Å². The Balaban J connectivity index is 2.57. The standard InChI is InChI=1S/C13H28N2O/c1-5-7-12(14)13(6-2)15-8-10(3)16-11(4)9-15/h10-13H,5-9,14H2,1-4H3/t10-,11+,12?,13?. The molecule has 0 amide bonds. The number of nitrogens with zero attached hydrogens (tertiary/aromatic N) is 1. The van der Waals surface area contributed by atoms with Crippen molar-refractivity contribution in [1.29, 1.82) is 0 Å². The van der Waals surface area contributed by atoms with Gasteiger partial charge in [-0.15, -0.1) is 0 Å². The molecule has 0 spiro atoms. The quantitative estimate of drug-likeness (QED) is 0.782. The van der Waals surface area contributed by atoms with Crippen LogP contribution < -0.4 is 5.73 Å². The number of rotatable bonds is 5. The minimum absolute atomic E-state index is 0.312. The first kappa shape index (κ1) is 13.9. The zero-order chi connectivity index (χ0) is 12.1. The molecule has 2 N–H and O–H groups in total. The molecule has 0 aliphatic carbocycles. The van der Waals surface area contributed by atoms with Gasteiger partial charge in [-0.05, 0) is 26.7 Å². The molecule has 3 nitrogen and oxygen atoms in total. The molecule has 3 heteroatoms. The largest absolute Gasteiger partial charge is 0.373 e. The lowest BCUT2D eigenvalue weighted by atomic mass is 9.98. The molecule has 1 fully saturated rings. The Morgan fingerprint density at radius 2 is 1.81 bits per heavy atom. The van der Waals surface area contributed by atoms with Crippen molar-refractivity contribution in [3.8, 4) is 0 Å². The van der Waals surface area contributed by atoms with Crippen molar-refractivity contribution in [3.05, 3.63) is 0 Å². The van der Waals surface area contributed by atoms with Gasteiger partial charge >= 0.3 is 0 Å². The van der Waals surface area contributed by atoms with Gasteiger partial charge in [0.1, 0.15) is 0 Å². The highest BCUT2D eigenvalue weighted by Gasteiger charge is 2.29. The van der Waals surface area contributed by atoms with Gasteiger partial charge in [0.25, 0.3) is 0 Å². The van der Waals surface area contributed by atoms with E-state index < -0.39 is 0 Å². The van der Waals surface area contributed by atoms with E-state index in [0.29, 0.717) is 24.3 Å². The fraction of sp³-hybridized carbons (Fsp3) is 1.00. The molecule has 2 unspecified atom stereocenters. The highest BCUT2D eigenvalue weighted by Crippen LogP contribution is 2.18. The molecule has 1 saturated heterocycles. The lowest BCUT2D eigenvalue weighted by molar-refractivity contribution is -0.0836. The predicted octanol–water partition coefficient (Wildman–Crippen LogP) is 2.00. The number of morpholine rings is 1. The van der Waals surface area contributed by atoms with E-state index in [0.717, 1.165) is 25.9 Å². The lowest BCUT2D eigenvalue weighted by Gasteiger charge is -2.42. The number of nitrogens with two attached hydrogens (primary N) is 1. The number of ether oxygens (including phenoxy) is 1.